The predicted molar refractivity (Wildman–Crippen MR) is 77.2 cm³/mol. The molecule has 0 saturated carbocycles. The largest absolute Gasteiger partial charge is 0.497 e. The summed E-state index contributed by atoms with van der Waals surface area (Å²) in [5.74, 6) is -0.179. The third-order valence-corrected chi connectivity index (χ3v) is 3.06. The second-order valence-corrected chi connectivity index (χ2v) is 4.48. The van der Waals surface area contributed by atoms with Crippen molar-refractivity contribution in [1.29, 1.82) is 0 Å². The monoisotopic (exact) mass is 271 g/mol. The normalized spacial score (nSPS) is 10.3. The van der Waals surface area contributed by atoms with Crippen molar-refractivity contribution < 1.29 is 14.6 Å². The Morgan fingerprint density at radius 2 is 2.10 bits per heavy atom. The van der Waals surface area contributed by atoms with E-state index in [-0.39, 0.29) is 5.56 Å². The lowest BCUT2D eigenvalue weighted by Crippen LogP contribution is -2.05. The van der Waals surface area contributed by atoms with Gasteiger partial charge in [-0.25, -0.2) is 4.79 Å². The number of hydrogen-bond donors (Lipinski definition) is 1. The first-order valence-electron chi connectivity index (χ1n) is 6.53. The van der Waals surface area contributed by atoms with Gasteiger partial charge in [-0.1, -0.05) is 25.5 Å². The molecule has 2 aromatic rings. The number of ether oxygens (including phenoxy) is 1. The van der Waals surface area contributed by atoms with Crippen molar-refractivity contribution in [2.45, 2.75) is 19.8 Å². The number of methoxy groups -OCH3 is 1. The third-order valence-electron chi connectivity index (χ3n) is 3.06. The van der Waals surface area contributed by atoms with E-state index in [9.17, 15) is 9.90 Å². The Hall–Kier alpha value is -2.36. The van der Waals surface area contributed by atoms with Gasteiger partial charge in [-0.3, -0.25) is 4.98 Å². The third kappa shape index (κ3) is 2.96. The van der Waals surface area contributed by atoms with Gasteiger partial charge >= 0.3 is 5.97 Å². The highest BCUT2D eigenvalue weighted by molar-refractivity contribution is 5.89. The van der Waals surface area contributed by atoms with Crippen LogP contribution in [0.2, 0.25) is 0 Å². The lowest BCUT2D eigenvalue weighted by molar-refractivity contribution is 0.0695. The van der Waals surface area contributed by atoms with Crippen molar-refractivity contribution in [2.24, 2.45) is 0 Å². The number of hydrogen-bond acceptors (Lipinski definition) is 3. The van der Waals surface area contributed by atoms with Crippen LogP contribution >= 0.6 is 0 Å². The number of rotatable bonds is 5. The van der Waals surface area contributed by atoms with Crippen LogP contribution in [0.25, 0.3) is 11.3 Å². The minimum atomic E-state index is -0.932. The van der Waals surface area contributed by atoms with E-state index in [2.05, 4.69) is 4.98 Å². The molecular weight excluding hydrogens is 254 g/mol. The van der Waals surface area contributed by atoms with Gasteiger partial charge in [0.05, 0.1) is 24.1 Å². The number of pyridine rings is 1. The van der Waals surface area contributed by atoms with Crippen molar-refractivity contribution in [1.82, 2.24) is 4.98 Å². The average molecular weight is 271 g/mol. The summed E-state index contributed by atoms with van der Waals surface area (Å²) in [5, 5.41) is 9.18. The highest BCUT2D eigenvalue weighted by atomic mass is 16.5. The minimum absolute atomic E-state index is 0.276. The van der Waals surface area contributed by atoms with E-state index in [4.69, 9.17) is 4.74 Å². The molecule has 104 valence electrons. The summed E-state index contributed by atoms with van der Waals surface area (Å²) >= 11 is 0. The second kappa shape index (κ2) is 6.19. The molecule has 1 aromatic carbocycles. The maximum Gasteiger partial charge on any atom is 0.337 e. The smallest absolute Gasteiger partial charge is 0.337 e. The Morgan fingerprint density at radius 3 is 2.75 bits per heavy atom. The lowest BCUT2D eigenvalue weighted by Gasteiger charge is -2.08. The van der Waals surface area contributed by atoms with E-state index in [1.165, 1.54) is 0 Å². The van der Waals surface area contributed by atoms with Gasteiger partial charge in [0.2, 0.25) is 0 Å². The molecule has 0 bridgehead atoms. The molecule has 1 aromatic heterocycles. The summed E-state index contributed by atoms with van der Waals surface area (Å²) in [6.45, 7) is 2.01. The molecule has 0 amide bonds. The molecule has 4 heteroatoms. The fourth-order valence-corrected chi connectivity index (χ4v) is 2.07. The van der Waals surface area contributed by atoms with Crippen molar-refractivity contribution in [3.8, 4) is 17.0 Å². The number of carboxylic acid groups (broad SMARTS) is 1. The zero-order chi connectivity index (χ0) is 14.5. The minimum Gasteiger partial charge on any atom is -0.497 e. The quantitative estimate of drug-likeness (QED) is 0.905. The number of aromatic nitrogens is 1. The number of carboxylic acids is 1. The van der Waals surface area contributed by atoms with Crippen molar-refractivity contribution in [2.75, 3.05) is 7.11 Å². The molecule has 0 aliphatic rings. The fourth-order valence-electron chi connectivity index (χ4n) is 2.07. The van der Waals surface area contributed by atoms with Gasteiger partial charge in [0.1, 0.15) is 5.75 Å². The number of nitrogens with zero attached hydrogens (tertiary/aromatic N) is 1. The van der Waals surface area contributed by atoms with E-state index in [1.54, 1.807) is 19.2 Å². The molecule has 4 nitrogen and oxygen atoms in total. The summed E-state index contributed by atoms with van der Waals surface area (Å²) in [6, 6.07) is 10.9. The van der Waals surface area contributed by atoms with E-state index in [0.29, 0.717) is 12.1 Å². The molecule has 0 aliphatic carbocycles. The van der Waals surface area contributed by atoms with Gasteiger partial charge in [-0.05, 0) is 30.7 Å². The molecule has 0 spiro atoms. The maximum absolute atomic E-state index is 11.2. The zero-order valence-electron chi connectivity index (χ0n) is 11.6. The van der Waals surface area contributed by atoms with Gasteiger partial charge in [0, 0.05) is 5.56 Å². The topological polar surface area (TPSA) is 59.4 Å². The number of aryl methyl sites for hydroxylation is 1. The molecule has 0 radical (unpaired) electrons. The van der Waals surface area contributed by atoms with Crippen LogP contribution in [-0.2, 0) is 6.42 Å². The van der Waals surface area contributed by atoms with Crippen LogP contribution in [0.3, 0.4) is 0 Å². The Bertz CT molecular complexity index is 623. The van der Waals surface area contributed by atoms with E-state index >= 15 is 0 Å². The first-order valence-corrected chi connectivity index (χ1v) is 6.53. The summed E-state index contributed by atoms with van der Waals surface area (Å²) in [5.41, 5.74) is 2.58. The number of benzene rings is 1. The molecule has 1 N–H and O–H groups in total. The molecule has 1 heterocycles. The van der Waals surface area contributed by atoms with E-state index < -0.39 is 5.97 Å². The highest BCUT2D eigenvalue weighted by Crippen LogP contribution is 2.23. The molecule has 0 atom stereocenters. The van der Waals surface area contributed by atoms with Crippen LogP contribution in [0.15, 0.2) is 36.4 Å². The van der Waals surface area contributed by atoms with Crippen LogP contribution in [0.5, 0.6) is 5.75 Å². The van der Waals surface area contributed by atoms with Crippen LogP contribution in [0, 0.1) is 0 Å². The Morgan fingerprint density at radius 1 is 1.30 bits per heavy atom. The zero-order valence-corrected chi connectivity index (χ0v) is 11.6. The predicted octanol–water partition coefficient (Wildman–Crippen LogP) is 3.41. The average Bonchev–Trinajstić information content (AvgIpc) is 2.47. The van der Waals surface area contributed by atoms with Crippen LogP contribution in [0.1, 0.15) is 29.4 Å². The maximum atomic E-state index is 11.2. The molecule has 0 fully saturated rings. The standard InChI is InChI=1S/C16H17NO3/c1-3-5-15-13(16(18)19)8-9-14(17-15)11-6-4-7-12(10-11)20-2/h4,6-10H,3,5H2,1-2H3,(H,18,19). The Kier molecular flexibility index (Phi) is 4.35. The lowest BCUT2D eigenvalue weighted by atomic mass is 10.1. The summed E-state index contributed by atoms with van der Waals surface area (Å²) in [7, 11) is 1.61. The number of carbonyl (C=O) groups is 1. The molecule has 0 unspecified atom stereocenters. The summed E-state index contributed by atoms with van der Waals surface area (Å²) < 4.78 is 5.19. The molecule has 20 heavy (non-hydrogen) atoms. The highest BCUT2D eigenvalue weighted by Gasteiger charge is 2.12. The van der Waals surface area contributed by atoms with Crippen molar-refractivity contribution in [3.05, 3.63) is 47.7 Å². The van der Waals surface area contributed by atoms with Crippen molar-refractivity contribution in [3.63, 3.8) is 0 Å². The van der Waals surface area contributed by atoms with Crippen LogP contribution in [0.4, 0.5) is 0 Å². The van der Waals surface area contributed by atoms with Gasteiger partial charge in [-0.2, -0.15) is 0 Å². The Labute approximate surface area is 118 Å². The van der Waals surface area contributed by atoms with E-state index in [1.807, 2.05) is 31.2 Å². The van der Waals surface area contributed by atoms with Crippen molar-refractivity contribution >= 4 is 5.97 Å². The first kappa shape index (κ1) is 14.1. The molecular formula is C16H17NO3. The summed E-state index contributed by atoms with van der Waals surface area (Å²) in [4.78, 5) is 15.7. The number of aromatic carboxylic acids is 1. The fraction of sp³-hybridized carbons (Fsp3) is 0.250. The van der Waals surface area contributed by atoms with Gasteiger partial charge < -0.3 is 9.84 Å². The molecule has 0 saturated heterocycles. The second-order valence-electron chi connectivity index (χ2n) is 4.48. The van der Waals surface area contributed by atoms with Gasteiger partial charge in [-0.15, -0.1) is 0 Å². The van der Waals surface area contributed by atoms with E-state index in [0.717, 1.165) is 23.4 Å². The van der Waals surface area contributed by atoms with Crippen LogP contribution in [-0.4, -0.2) is 23.2 Å². The SMILES string of the molecule is CCCc1nc(-c2cccc(OC)c2)ccc1C(=O)O. The van der Waals surface area contributed by atoms with Crippen LogP contribution < -0.4 is 4.74 Å². The Balaban J connectivity index is 2.46. The summed E-state index contributed by atoms with van der Waals surface area (Å²) in [6.07, 6.45) is 1.51. The molecule has 0 aliphatic heterocycles. The molecule has 2 rings (SSSR count). The van der Waals surface area contributed by atoms with Gasteiger partial charge in [0.25, 0.3) is 0 Å². The first-order chi connectivity index (χ1) is 9.65. The van der Waals surface area contributed by atoms with Gasteiger partial charge in [0.15, 0.2) is 0 Å².